The van der Waals surface area contributed by atoms with Crippen molar-refractivity contribution in [2.75, 3.05) is 6.61 Å². The van der Waals surface area contributed by atoms with Crippen LogP contribution in [0.3, 0.4) is 0 Å². The van der Waals surface area contributed by atoms with Crippen LogP contribution in [0.15, 0.2) is 34.9 Å². The standard InChI is InChI=1S/C23H34O6/c1-6-7-8-9-10-11-16-17(14-24)18(25)20-23(28-20,19(16)26)13-12-15(2)21(27)29-22(3,4)5/h10-12,18,20,24-25H,6-9,13-14H2,1-5H3/b11-10+,15-12+/t18-,20+,23-/m0/s1. The van der Waals surface area contributed by atoms with Crippen molar-refractivity contribution in [3.8, 4) is 0 Å². The number of Topliss-reactive ketones (excluding diaryl/α,β-unsaturated/α-hetero) is 1. The summed E-state index contributed by atoms with van der Waals surface area (Å²) in [5.74, 6) is -0.700. The smallest absolute Gasteiger partial charge is 0.333 e. The van der Waals surface area contributed by atoms with E-state index in [1.165, 1.54) is 0 Å². The number of ketones is 1. The number of esters is 1. The Balaban J connectivity index is 2.16. The highest BCUT2D eigenvalue weighted by Gasteiger charge is 2.67. The summed E-state index contributed by atoms with van der Waals surface area (Å²) in [7, 11) is 0. The van der Waals surface area contributed by atoms with Crippen LogP contribution in [-0.4, -0.2) is 52.0 Å². The average Bonchev–Trinajstić information content (AvgIpc) is 3.38. The summed E-state index contributed by atoms with van der Waals surface area (Å²) in [6.45, 7) is 8.73. The van der Waals surface area contributed by atoms with E-state index in [2.05, 4.69) is 6.92 Å². The molecule has 162 valence electrons. The van der Waals surface area contributed by atoms with Gasteiger partial charge in [0.25, 0.3) is 0 Å². The molecule has 0 aromatic carbocycles. The highest BCUT2D eigenvalue weighted by molar-refractivity contribution is 6.08. The number of aliphatic hydroxyl groups is 2. The lowest BCUT2D eigenvalue weighted by Gasteiger charge is -2.24. The molecule has 6 heteroatoms. The SMILES string of the molecule is CCCCC/C=C/C1=C(CO)[C@H](O)[C@H]2O[C@@]2(C/C=C(\C)C(=O)OC(C)(C)C)C1=O. The monoisotopic (exact) mass is 406 g/mol. The van der Waals surface area contributed by atoms with Gasteiger partial charge in [-0.1, -0.05) is 38.0 Å². The van der Waals surface area contributed by atoms with Crippen LogP contribution in [0.1, 0.15) is 66.7 Å². The maximum Gasteiger partial charge on any atom is 0.333 e. The van der Waals surface area contributed by atoms with Crippen LogP contribution in [0.5, 0.6) is 0 Å². The summed E-state index contributed by atoms with van der Waals surface area (Å²) >= 11 is 0. The molecule has 1 saturated heterocycles. The van der Waals surface area contributed by atoms with Crippen LogP contribution < -0.4 is 0 Å². The predicted octanol–water partition coefficient (Wildman–Crippen LogP) is 3.17. The highest BCUT2D eigenvalue weighted by atomic mass is 16.6. The summed E-state index contributed by atoms with van der Waals surface area (Å²) < 4.78 is 11.0. The van der Waals surface area contributed by atoms with E-state index in [9.17, 15) is 19.8 Å². The molecule has 1 heterocycles. The summed E-state index contributed by atoms with van der Waals surface area (Å²) in [4.78, 5) is 25.3. The van der Waals surface area contributed by atoms with E-state index in [0.29, 0.717) is 16.7 Å². The fraction of sp³-hybridized carbons (Fsp3) is 0.652. The molecule has 6 nitrogen and oxygen atoms in total. The van der Waals surface area contributed by atoms with Gasteiger partial charge in [0.2, 0.25) is 0 Å². The minimum atomic E-state index is -1.18. The first-order valence-electron chi connectivity index (χ1n) is 10.4. The molecule has 0 amide bonds. The third kappa shape index (κ3) is 5.44. The van der Waals surface area contributed by atoms with E-state index in [1.807, 2.05) is 6.08 Å². The Kier molecular flexibility index (Phi) is 7.60. The third-order valence-electron chi connectivity index (χ3n) is 5.22. The molecular weight excluding hydrogens is 372 g/mol. The number of rotatable bonds is 9. The second kappa shape index (κ2) is 9.37. The molecular formula is C23H34O6. The zero-order chi connectivity index (χ0) is 21.8. The van der Waals surface area contributed by atoms with Crippen LogP contribution in [0.25, 0.3) is 0 Å². The molecule has 2 aliphatic rings. The number of ether oxygens (including phenoxy) is 2. The fourth-order valence-electron chi connectivity index (χ4n) is 3.49. The molecule has 1 aliphatic carbocycles. The number of aliphatic hydroxyl groups excluding tert-OH is 2. The van der Waals surface area contributed by atoms with Gasteiger partial charge in [-0.05, 0) is 46.1 Å². The Labute approximate surface area is 173 Å². The fourth-order valence-corrected chi connectivity index (χ4v) is 3.49. The predicted molar refractivity (Wildman–Crippen MR) is 110 cm³/mol. The Morgan fingerprint density at radius 3 is 2.59 bits per heavy atom. The van der Waals surface area contributed by atoms with Gasteiger partial charge in [0.1, 0.15) is 17.8 Å². The molecule has 0 bridgehead atoms. The van der Waals surface area contributed by atoms with Crippen LogP contribution >= 0.6 is 0 Å². The summed E-state index contributed by atoms with van der Waals surface area (Å²) in [6.07, 6.45) is 7.73. The van der Waals surface area contributed by atoms with E-state index in [4.69, 9.17) is 9.47 Å². The van der Waals surface area contributed by atoms with Gasteiger partial charge in [-0.2, -0.15) is 0 Å². The van der Waals surface area contributed by atoms with Crippen molar-refractivity contribution in [3.05, 3.63) is 34.9 Å². The Hall–Kier alpha value is -1.76. The van der Waals surface area contributed by atoms with Crippen molar-refractivity contribution < 1.29 is 29.3 Å². The third-order valence-corrected chi connectivity index (χ3v) is 5.22. The van der Waals surface area contributed by atoms with Crippen molar-refractivity contribution in [2.24, 2.45) is 0 Å². The lowest BCUT2D eigenvalue weighted by molar-refractivity contribution is -0.149. The van der Waals surface area contributed by atoms with E-state index >= 15 is 0 Å². The number of fused-ring (bicyclic) bond motifs is 1. The Bertz CT molecular complexity index is 724. The van der Waals surface area contributed by atoms with Gasteiger partial charge in [0, 0.05) is 17.6 Å². The largest absolute Gasteiger partial charge is 0.457 e. The number of unbranched alkanes of at least 4 members (excludes halogenated alkanes) is 3. The molecule has 1 fully saturated rings. The number of allylic oxidation sites excluding steroid dienone is 2. The van der Waals surface area contributed by atoms with Gasteiger partial charge in [-0.3, -0.25) is 4.79 Å². The van der Waals surface area contributed by atoms with Gasteiger partial charge in [0.05, 0.1) is 6.61 Å². The van der Waals surface area contributed by atoms with Crippen LogP contribution in [-0.2, 0) is 19.1 Å². The summed E-state index contributed by atoms with van der Waals surface area (Å²) in [5, 5.41) is 20.2. The van der Waals surface area contributed by atoms with Crippen molar-refractivity contribution in [1.82, 2.24) is 0 Å². The lowest BCUT2D eigenvalue weighted by Crippen LogP contribution is -2.40. The van der Waals surface area contributed by atoms with Crippen molar-refractivity contribution in [3.63, 3.8) is 0 Å². The van der Waals surface area contributed by atoms with Gasteiger partial charge in [0.15, 0.2) is 11.4 Å². The number of carbonyl (C=O) groups excluding carboxylic acids is 2. The second-order valence-electron chi connectivity index (χ2n) is 8.79. The van der Waals surface area contributed by atoms with Crippen molar-refractivity contribution in [1.29, 1.82) is 0 Å². The van der Waals surface area contributed by atoms with Crippen molar-refractivity contribution >= 4 is 11.8 Å². The first-order chi connectivity index (χ1) is 13.6. The van der Waals surface area contributed by atoms with Crippen LogP contribution in [0, 0.1) is 0 Å². The topological polar surface area (TPSA) is 96.4 Å². The minimum absolute atomic E-state index is 0.171. The van der Waals surface area contributed by atoms with E-state index in [-0.39, 0.29) is 12.2 Å². The molecule has 2 N–H and O–H groups in total. The Morgan fingerprint density at radius 2 is 2.00 bits per heavy atom. The zero-order valence-electron chi connectivity index (χ0n) is 18.2. The van der Waals surface area contributed by atoms with Crippen LogP contribution in [0.4, 0.5) is 0 Å². The second-order valence-corrected chi connectivity index (χ2v) is 8.79. The van der Waals surface area contributed by atoms with Crippen molar-refractivity contribution in [2.45, 2.75) is 90.1 Å². The minimum Gasteiger partial charge on any atom is -0.457 e. The van der Waals surface area contributed by atoms with Crippen LogP contribution in [0.2, 0.25) is 0 Å². The molecule has 0 unspecified atom stereocenters. The molecule has 0 aromatic heterocycles. The summed E-state index contributed by atoms with van der Waals surface area (Å²) in [5.41, 5.74) is -0.778. The number of hydrogen-bond donors (Lipinski definition) is 2. The van der Waals surface area contributed by atoms with E-state index in [0.717, 1.165) is 25.7 Å². The van der Waals surface area contributed by atoms with E-state index < -0.39 is 36.0 Å². The zero-order valence-corrected chi connectivity index (χ0v) is 18.2. The number of hydrogen-bond acceptors (Lipinski definition) is 6. The van der Waals surface area contributed by atoms with Gasteiger partial charge in [-0.15, -0.1) is 0 Å². The molecule has 0 radical (unpaired) electrons. The summed E-state index contributed by atoms with van der Waals surface area (Å²) in [6, 6.07) is 0. The lowest BCUT2D eigenvalue weighted by atomic mass is 9.79. The van der Waals surface area contributed by atoms with Gasteiger partial charge < -0.3 is 19.7 Å². The molecule has 0 spiro atoms. The maximum atomic E-state index is 13.1. The first kappa shape index (κ1) is 23.5. The number of epoxide rings is 1. The normalized spacial score (nSPS) is 27.4. The number of carbonyl (C=O) groups is 2. The highest BCUT2D eigenvalue weighted by Crippen LogP contribution is 2.50. The van der Waals surface area contributed by atoms with E-state index in [1.54, 1.807) is 39.8 Å². The molecule has 0 aromatic rings. The molecule has 1 aliphatic heterocycles. The maximum absolute atomic E-state index is 13.1. The molecule has 0 saturated carbocycles. The first-order valence-corrected chi connectivity index (χ1v) is 10.4. The molecule has 29 heavy (non-hydrogen) atoms. The quantitative estimate of drug-likeness (QED) is 0.264. The Morgan fingerprint density at radius 1 is 1.31 bits per heavy atom. The van der Waals surface area contributed by atoms with Gasteiger partial charge in [-0.25, -0.2) is 4.79 Å². The molecule has 2 rings (SSSR count). The molecule has 3 atom stereocenters. The average molecular weight is 407 g/mol. The van der Waals surface area contributed by atoms with Gasteiger partial charge >= 0.3 is 5.97 Å².